The highest BCUT2D eigenvalue weighted by atomic mass is 19.1. The van der Waals surface area contributed by atoms with Crippen LogP contribution in [0.15, 0.2) is 18.2 Å². The largest absolute Gasteiger partial charge is 0.345 e. The van der Waals surface area contributed by atoms with E-state index in [0.717, 1.165) is 18.2 Å². The summed E-state index contributed by atoms with van der Waals surface area (Å²) in [5.41, 5.74) is -0.277. The second kappa shape index (κ2) is 5.42. The van der Waals surface area contributed by atoms with Crippen molar-refractivity contribution < 1.29 is 9.31 Å². The highest BCUT2D eigenvalue weighted by Crippen LogP contribution is 2.23. The van der Waals surface area contributed by atoms with Crippen LogP contribution in [0.25, 0.3) is 0 Å². The normalized spacial score (nSPS) is 9.12. The minimum Gasteiger partial charge on any atom is -0.345 e. The first-order chi connectivity index (χ1) is 8.08. The van der Waals surface area contributed by atoms with Gasteiger partial charge in [0.1, 0.15) is 18.9 Å². The van der Waals surface area contributed by atoms with E-state index in [9.17, 15) is 14.5 Å². The fraction of sp³-hybridized carbons (Fsp3) is 0.200. The molecule has 0 fully saturated rings. The molecule has 0 bridgehead atoms. The van der Waals surface area contributed by atoms with Crippen LogP contribution in [0.3, 0.4) is 0 Å². The zero-order valence-electron chi connectivity index (χ0n) is 8.63. The van der Waals surface area contributed by atoms with E-state index in [-0.39, 0.29) is 18.8 Å². The van der Waals surface area contributed by atoms with Gasteiger partial charge in [-0.3, -0.25) is 10.1 Å². The number of hydrogen-bond donors (Lipinski definition) is 0. The number of nitro groups is 1. The lowest BCUT2D eigenvalue weighted by atomic mass is 10.2. The van der Waals surface area contributed by atoms with E-state index in [0.29, 0.717) is 0 Å². The highest BCUT2D eigenvalue weighted by Gasteiger charge is 2.14. The highest BCUT2D eigenvalue weighted by molar-refractivity contribution is 5.54. The molecule has 0 aliphatic rings. The van der Waals surface area contributed by atoms with E-state index in [1.807, 2.05) is 0 Å². The molecular weight excluding hydrogens is 227 g/mol. The molecule has 0 unspecified atom stereocenters. The van der Waals surface area contributed by atoms with Gasteiger partial charge >= 0.3 is 0 Å². The molecule has 0 radical (unpaired) electrons. The molecule has 1 aromatic carbocycles. The summed E-state index contributed by atoms with van der Waals surface area (Å²) >= 11 is 0. The summed E-state index contributed by atoms with van der Waals surface area (Å²) < 4.78 is 13.1. The number of rotatable bonds is 4. The first-order valence-corrected chi connectivity index (χ1v) is 4.52. The van der Waals surface area contributed by atoms with Crippen LogP contribution in [-0.4, -0.2) is 18.0 Å². The summed E-state index contributed by atoms with van der Waals surface area (Å²) in [6.45, 7) is -0.289. The van der Waals surface area contributed by atoms with E-state index in [1.54, 1.807) is 12.1 Å². The van der Waals surface area contributed by atoms with Crippen LogP contribution in [0.4, 0.5) is 15.8 Å². The number of nitrogens with zero attached hydrogens (tertiary/aromatic N) is 4. The molecule has 0 aromatic heterocycles. The van der Waals surface area contributed by atoms with Gasteiger partial charge in [-0.2, -0.15) is 10.5 Å². The van der Waals surface area contributed by atoms with E-state index >= 15 is 0 Å². The number of non-ortho nitro benzene ring substituents is 1. The first kappa shape index (κ1) is 12.4. The molecule has 7 heteroatoms. The van der Waals surface area contributed by atoms with Gasteiger partial charge in [0.2, 0.25) is 0 Å². The van der Waals surface area contributed by atoms with Crippen molar-refractivity contribution in [1.29, 1.82) is 10.5 Å². The molecule has 0 aliphatic heterocycles. The molecule has 1 aromatic rings. The SMILES string of the molecule is N#CCN(CC#N)c1cc(F)cc([N+](=O)[O-])c1. The van der Waals surface area contributed by atoms with Crippen LogP contribution in [0, 0.1) is 38.6 Å². The summed E-state index contributed by atoms with van der Waals surface area (Å²) in [7, 11) is 0. The minimum atomic E-state index is -0.782. The van der Waals surface area contributed by atoms with Crippen molar-refractivity contribution in [2.24, 2.45) is 0 Å². The lowest BCUT2D eigenvalue weighted by molar-refractivity contribution is -0.385. The monoisotopic (exact) mass is 234 g/mol. The Hall–Kier alpha value is -2.67. The Labute approximate surface area is 96.3 Å². The molecule has 1 rings (SSSR count). The Morgan fingerprint density at radius 2 is 1.88 bits per heavy atom. The van der Waals surface area contributed by atoms with Crippen LogP contribution in [0.5, 0.6) is 0 Å². The van der Waals surface area contributed by atoms with Crippen molar-refractivity contribution in [3.63, 3.8) is 0 Å². The van der Waals surface area contributed by atoms with Gasteiger partial charge in [0.05, 0.1) is 23.1 Å². The van der Waals surface area contributed by atoms with Gasteiger partial charge in [0, 0.05) is 11.8 Å². The average Bonchev–Trinajstić information content (AvgIpc) is 2.28. The van der Waals surface area contributed by atoms with Gasteiger partial charge in [0.15, 0.2) is 0 Å². The van der Waals surface area contributed by atoms with E-state index < -0.39 is 16.4 Å². The number of anilines is 1. The smallest absolute Gasteiger partial charge is 0.274 e. The molecule has 0 atom stereocenters. The maximum absolute atomic E-state index is 13.1. The van der Waals surface area contributed by atoms with E-state index in [2.05, 4.69) is 0 Å². The fourth-order valence-electron chi connectivity index (χ4n) is 1.26. The van der Waals surface area contributed by atoms with Crippen molar-refractivity contribution in [2.75, 3.05) is 18.0 Å². The van der Waals surface area contributed by atoms with Crippen molar-refractivity contribution in [2.45, 2.75) is 0 Å². The van der Waals surface area contributed by atoms with Crippen LogP contribution in [0.2, 0.25) is 0 Å². The van der Waals surface area contributed by atoms with Gasteiger partial charge in [-0.05, 0) is 6.07 Å². The van der Waals surface area contributed by atoms with Crippen molar-refractivity contribution in [3.05, 3.63) is 34.1 Å². The Balaban J connectivity index is 3.15. The lowest BCUT2D eigenvalue weighted by Gasteiger charge is -2.17. The third kappa shape index (κ3) is 3.14. The van der Waals surface area contributed by atoms with Gasteiger partial charge in [-0.25, -0.2) is 4.39 Å². The van der Waals surface area contributed by atoms with E-state index in [1.165, 1.54) is 4.90 Å². The standard InChI is InChI=1S/C10H7FN4O2/c11-8-5-9(7-10(6-8)15(16)17)14(3-1-12)4-2-13/h5-7H,3-4H2. The molecule has 0 N–H and O–H groups in total. The average molecular weight is 234 g/mol. The molecule has 0 aliphatic carbocycles. The third-order valence-electron chi connectivity index (χ3n) is 1.97. The quantitative estimate of drug-likeness (QED) is 0.448. The summed E-state index contributed by atoms with van der Waals surface area (Å²) in [6.07, 6.45) is 0. The topological polar surface area (TPSA) is 94.0 Å². The summed E-state index contributed by atoms with van der Waals surface area (Å²) in [5.74, 6) is -0.782. The number of halogens is 1. The molecule has 86 valence electrons. The maximum Gasteiger partial charge on any atom is 0.274 e. The van der Waals surface area contributed by atoms with E-state index in [4.69, 9.17) is 10.5 Å². The minimum absolute atomic E-state index is 0.139. The molecule has 0 heterocycles. The molecule has 0 amide bonds. The Kier molecular flexibility index (Phi) is 3.96. The fourth-order valence-corrected chi connectivity index (χ4v) is 1.26. The number of nitro benzene ring substituents is 1. The summed E-state index contributed by atoms with van der Waals surface area (Å²) in [6, 6.07) is 6.55. The second-order valence-corrected chi connectivity index (χ2v) is 3.10. The van der Waals surface area contributed by atoms with Gasteiger partial charge < -0.3 is 4.90 Å². The van der Waals surface area contributed by atoms with Crippen molar-refractivity contribution >= 4 is 11.4 Å². The molecule has 0 saturated carbocycles. The second-order valence-electron chi connectivity index (χ2n) is 3.10. The summed E-state index contributed by atoms with van der Waals surface area (Å²) in [5, 5.41) is 27.6. The Morgan fingerprint density at radius 1 is 1.29 bits per heavy atom. The number of hydrogen-bond acceptors (Lipinski definition) is 5. The predicted octanol–water partition coefficient (Wildman–Crippen LogP) is 1.59. The third-order valence-corrected chi connectivity index (χ3v) is 1.97. The molecular formula is C10H7FN4O2. The van der Waals surface area contributed by atoms with Gasteiger partial charge in [-0.15, -0.1) is 0 Å². The number of benzene rings is 1. The Bertz CT molecular complexity index is 502. The predicted molar refractivity (Wildman–Crippen MR) is 56.5 cm³/mol. The zero-order valence-corrected chi connectivity index (χ0v) is 8.63. The van der Waals surface area contributed by atoms with Crippen LogP contribution in [0.1, 0.15) is 0 Å². The van der Waals surface area contributed by atoms with Crippen LogP contribution in [-0.2, 0) is 0 Å². The van der Waals surface area contributed by atoms with Crippen molar-refractivity contribution in [1.82, 2.24) is 0 Å². The maximum atomic E-state index is 13.1. The van der Waals surface area contributed by atoms with Crippen LogP contribution >= 0.6 is 0 Å². The molecule has 6 nitrogen and oxygen atoms in total. The number of nitriles is 2. The van der Waals surface area contributed by atoms with Gasteiger partial charge in [0.25, 0.3) is 5.69 Å². The van der Waals surface area contributed by atoms with Crippen LogP contribution < -0.4 is 4.90 Å². The Morgan fingerprint density at radius 3 is 2.35 bits per heavy atom. The molecule has 0 spiro atoms. The first-order valence-electron chi connectivity index (χ1n) is 4.52. The molecule has 17 heavy (non-hydrogen) atoms. The van der Waals surface area contributed by atoms with Crippen molar-refractivity contribution in [3.8, 4) is 12.1 Å². The lowest BCUT2D eigenvalue weighted by Crippen LogP contribution is -2.23. The molecule has 0 saturated heterocycles. The van der Waals surface area contributed by atoms with Gasteiger partial charge in [-0.1, -0.05) is 0 Å². The summed E-state index contributed by atoms with van der Waals surface area (Å²) in [4.78, 5) is 11.0. The zero-order chi connectivity index (χ0) is 12.8.